The van der Waals surface area contributed by atoms with Gasteiger partial charge < -0.3 is 9.80 Å². The average Bonchev–Trinajstić information content (AvgIpc) is 2.05. The van der Waals surface area contributed by atoms with Crippen LogP contribution in [0.4, 0.5) is 0 Å². The predicted octanol–water partition coefficient (Wildman–Crippen LogP) is 2.16. The zero-order chi connectivity index (χ0) is 11.4. The normalized spacial score (nSPS) is 8.00. The van der Waals surface area contributed by atoms with Crippen LogP contribution in [0, 0.1) is 20.2 Å². The summed E-state index contributed by atoms with van der Waals surface area (Å²) in [5.41, 5.74) is 0. The smallest absolute Gasteiger partial charge is 0.464 e. The minimum atomic E-state index is 0. The first kappa shape index (κ1) is 20.1. The van der Waals surface area contributed by atoms with E-state index in [1.165, 1.54) is 0 Å². The van der Waals surface area contributed by atoms with Crippen LogP contribution in [0.1, 0.15) is 0 Å². The molecule has 0 amide bonds. The Labute approximate surface area is 105 Å². The van der Waals surface area contributed by atoms with Gasteiger partial charge in [-0.25, -0.2) is 0 Å². The molecule has 1 radical (unpaired) electrons. The van der Waals surface area contributed by atoms with Gasteiger partial charge in [-0.05, 0) is 28.2 Å². The Morgan fingerprint density at radius 1 is 0.800 bits per heavy atom. The summed E-state index contributed by atoms with van der Waals surface area (Å²) in [6.45, 7) is 0. The van der Waals surface area contributed by atoms with Crippen molar-refractivity contribution in [2.75, 3.05) is 28.2 Å². The van der Waals surface area contributed by atoms with E-state index in [0.29, 0.717) is 0 Å². The van der Waals surface area contributed by atoms with Crippen molar-refractivity contribution in [1.82, 2.24) is 9.80 Å². The largest absolute Gasteiger partial charge is 3.00 e. The molecule has 1 aromatic rings. The molecule has 0 aliphatic heterocycles. The molecule has 0 bridgehead atoms. The molecular weight excluding hydrogens is 231 g/mol. The summed E-state index contributed by atoms with van der Waals surface area (Å²) < 4.78 is 0. The van der Waals surface area contributed by atoms with Crippen molar-refractivity contribution in [2.45, 2.75) is 0 Å². The topological polar surface area (TPSA) is 6.48 Å². The van der Waals surface area contributed by atoms with Crippen LogP contribution in [0.15, 0.2) is 30.3 Å². The molecular formula is C12H21N2Ni. The second kappa shape index (κ2) is 16.1. The summed E-state index contributed by atoms with van der Waals surface area (Å²) in [7, 11) is 14.5. The van der Waals surface area contributed by atoms with E-state index in [2.05, 4.69) is 20.2 Å². The van der Waals surface area contributed by atoms with Gasteiger partial charge in [0.05, 0.1) is 0 Å². The van der Waals surface area contributed by atoms with Crippen LogP contribution in [-0.4, -0.2) is 38.0 Å². The van der Waals surface area contributed by atoms with Crippen LogP contribution in [0.5, 0.6) is 0 Å². The fourth-order valence-corrected chi connectivity index (χ4v) is 0.342. The molecule has 2 nitrogen and oxygen atoms in total. The van der Waals surface area contributed by atoms with E-state index < -0.39 is 0 Å². The summed E-state index contributed by atoms with van der Waals surface area (Å²) in [4.78, 5) is 3.50. The zero-order valence-corrected chi connectivity index (χ0v) is 11.0. The molecule has 3 heteroatoms. The summed E-state index contributed by atoms with van der Waals surface area (Å²) in [6, 6.07) is 12.5. The average molecular weight is 252 g/mol. The Morgan fingerprint density at radius 2 is 1.07 bits per heavy atom. The van der Waals surface area contributed by atoms with Gasteiger partial charge in [0, 0.05) is 0 Å². The number of hydrogen-bond donors (Lipinski definition) is 0. The minimum absolute atomic E-state index is 0. The van der Waals surface area contributed by atoms with Gasteiger partial charge in [0.1, 0.15) is 0 Å². The standard InChI is InChI=1S/C6H5.2C3H8N.Ni/c1-2-4-6-5-3-1;2*1-4(2)3;/h1-5H;2*1H2,2-3H3;/q3*-1;+3. The first-order chi connectivity index (χ1) is 6.46. The van der Waals surface area contributed by atoms with E-state index in [9.17, 15) is 0 Å². The molecule has 0 aliphatic carbocycles. The second-order valence-corrected chi connectivity index (χ2v) is 3.24. The van der Waals surface area contributed by atoms with Crippen LogP contribution in [0.3, 0.4) is 0 Å². The molecule has 0 spiro atoms. The molecule has 0 fully saturated rings. The monoisotopic (exact) mass is 251 g/mol. The van der Waals surface area contributed by atoms with Gasteiger partial charge in [0.15, 0.2) is 0 Å². The van der Waals surface area contributed by atoms with Gasteiger partial charge in [0.2, 0.25) is 0 Å². The Morgan fingerprint density at radius 3 is 1.13 bits per heavy atom. The molecule has 0 aliphatic rings. The van der Waals surface area contributed by atoms with E-state index >= 15 is 0 Å². The third-order valence-electron chi connectivity index (χ3n) is 0.607. The number of benzene rings is 1. The maximum Gasteiger partial charge on any atom is 3.00 e. The predicted molar refractivity (Wildman–Crippen MR) is 63.4 cm³/mol. The van der Waals surface area contributed by atoms with Crippen molar-refractivity contribution in [1.29, 1.82) is 0 Å². The van der Waals surface area contributed by atoms with Crippen LogP contribution < -0.4 is 0 Å². The summed E-state index contributed by atoms with van der Waals surface area (Å²) >= 11 is 0. The fourth-order valence-electron chi connectivity index (χ4n) is 0.342. The first-order valence-corrected chi connectivity index (χ1v) is 4.33. The van der Waals surface area contributed by atoms with Gasteiger partial charge in [-0.2, -0.15) is 36.4 Å². The maximum absolute atomic E-state index is 3.47. The Hall–Kier alpha value is -0.366. The third-order valence-corrected chi connectivity index (χ3v) is 0.607. The molecule has 0 saturated carbocycles. The van der Waals surface area contributed by atoms with Crippen LogP contribution in [-0.2, 0) is 16.5 Å². The van der Waals surface area contributed by atoms with Crippen molar-refractivity contribution in [3.63, 3.8) is 0 Å². The van der Waals surface area contributed by atoms with E-state index in [-0.39, 0.29) is 16.5 Å². The van der Waals surface area contributed by atoms with Gasteiger partial charge in [-0.15, -0.1) is 0 Å². The molecule has 89 valence electrons. The van der Waals surface area contributed by atoms with Crippen molar-refractivity contribution < 1.29 is 16.5 Å². The Bertz CT molecular complexity index is 138. The van der Waals surface area contributed by atoms with Crippen LogP contribution in [0.25, 0.3) is 0 Å². The number of nitrogens with zero attached hydrogens (tertiary/aromatic N) is 2. The molecule has 1 aromatic carbocycles. The number of hydrogen-bond acceptors (Lipinski definition) is 2. The summed E-state index contributed by atoms with van der Waals surface area (Å²) in [6.07, 6.45) is 0. The van der Waals surface area contributed by atoms with E-state index in [0.717, 1.165) is 0 Å². The fraction of sp³-hybridized carbons (Fsp3) is 0.333. The van der Waals surface area contributed by atoms with Crippen molar-refractivity contribution in [2.24, 2.45) is 0 Å². The SMILES string of the molecule is [CH2-]N(C)C.[CH2-]N(C)C.[Ni+3].[c-]1ccccc1. The molecule has 15 heavy (non-hydrogen) atoms. The molecule has 0 heterocycles. The van der Waals surface area contributed by atoms with Gasteiger partial charge in [-0.1, -0.05) is 0 Å². The van der Waals surface area contributed by atoms with Crippen molar-refractivity contribution >= 4 is 0 Å². The molecule has 0 atom stereocenters. The molecule has 0 aromatic heterocycles. The van der Waals surface area contributed by atoms with E-state index in [4.69, 9.17) is 0 Å². The van der Waals surface area contributed by atoms with E-state index in [1.807, 2.05) is 58.5 Å². The third kappa shape index (κ3) is 58.1. The Kier molecular flexibility index (Phi) is 21.5. The van der Waals surface area contributed by atoms with E-state index in [1.54, 1.807) is 9.80 Å². The molecule has 1 rings (SSSR count). The minimum Gasteiger partial charge on any atom is -0.464 e. The maximum atomic E-state index is 3.47. The van der Waals surface area contributed by atoms with Crippen molar-refractivity contribution in [3.05, 3.63) is 50.5 Å². The van der Waals surface area contributed by atoms with Gasteiger partial charge >= 0.3 is 16.5 Å². The zero-order valence-electron chi connectivity index (χ0n) is 10.0. The summed E-state index contributed by atoms with van der Waals surface area (Å²) in [5, 5.41) is 0. The Balaban J connectivity index is -0.000000145. The second-order valence-electron chi connectivity index (χ2n) is 3.24. The van der Waals surface area contributed by atoms with Crippen molar-refractivity contribution in [3.8, 4) is 0 Å². The molecule has 0 saturated heterocycles. The quantitative estimate of drug-likeness (QED) is 0.515. The van der Waals surface area contributed by atoms with Crippen LogP contribution in [0.2, 0.25) is 0 Å². The summed E-state index contributed by atoms with van der Waals surface area (Å²) in [5.74, 6) is 0. The molecule has 0 N–H and O–H groups in total. The van der Waals surface area contributed by atoms with Gasteiger partial charge in [0.25, 0.3) is 0 Å². The number of rotatable bonds is 0. The molecule has 0 unspecified atom stereocenters. The van der Waals surface area contributed by atoms with Gasteiger partial charge in [-0.3, -0.25) is 14.1 Å². The first-order valence-electron chi connectivity index (χ1n) is 4.33. The van der Waals surface area contributed by atoms with Crippen LogP contribution >= 0.6 is 0 Å².